The summed E-state index contributed by atoms with van der Waals surface area (Å²) in [5, 5.41) is 2.75. The van der Waals surface area contributed by atoms with Crippen LogP contribution in [0.2, 0.25) is 5.02 Å². The minimum absolute atomic E-state index is 0.0502. The van der Waals surface area contributed by atoms with Gasteiger partial charge in [-0.05, 0) is 56.2 Å². The lowest BCUT2D eigenvalue weighted by molar-refractivity contribution is -0.123. The molecule has 178 valence electrons. The van der Waals surface area contributed by atoms with Gasteiger partial charge in [-0.15, -0.1) is 0 Å². The third-order valence-corrected chi connectivity index (χ3v) is 7.62. The van der Waals surface area contributed by atoms with Crippen molar-refractivity contribution in [2.24, 2.45) is 0 Å². The summed E-state index contributed by atoms with van der Waals surface area (Å²) in [6.45, 7) is 2.37. The molecule has 0 unspecified atom stereocenters. The zero-order valence-corrected chi connectivity index (χ0v) is 20.4. The number of halogens is 1. The van der Waals surface area contributed by atoms with Gasteiger partial charge in [-0.2, -0.15) is 4.31 Å². The van der Waals surface area contributed by atoms with Crippen LogP contribution in [0, 0.1) is 0 Å². The largest absolute Gasteiger partial charge is 0.449 e. The van der Waals surface area contributed by atoms with Crippen LogP contribution < -0.4 is 10.2 Å². The summed E-state index contributed by atoms with van der Waals surface area (Å²) in [5.74, 6) is -1.27. The molecule has 10 heteroatoms. The Labute approximate surface area is 199 Å². The van der Waals surface area contributed by atoms with Crippen molar-refractivity contribution in [3.8, 4) is 0 Å². The first-order chi connectivity index (χ1) is 15.6. The molecule has 33 heavy (non-hydrogen) atoms. The second-order valence-electron chi connectivity index (χ2n) is 8.09. The summed E-state index contributed by atoms with van der Waals surface area (Å²) in [6.07, 6.45) is 1.51. The SMILES string of the molecule is C[C@@H](OC(=O)c1cccc(N(C)C)c1)C(=O)Nc1cc(S(=O)(=O)N2CCCCC2)ccc1Cl. The van der Waals surface area contributed by atoms with Crippen molar-refractivity contribution >= 4 is 44.9 Å². The van der Waals surface area contributed by atoms with E-state index in [0.717, 1.165) is 24.9 Å². The fourth-order valence-electron chi connectivity index (χ4n) is 3.44. The summed E-state index contributed by atoms with van der Waals surface area (Å²) >= 11 is 6.19. The van der Waals surface area contributed by atoms with Gasteiger partial charge >= 0.3 is 5.97 Å². The monoisotopic (exact) mass is 493 g/mol. The van der Waals surface area contributed by atoms with Crippen LogP contribution in [-0.4, -0.2) is 57.9 Å². The van der Waals surface area contributed by atoms with Gasteiger partial charge in [-0.25, -0.2) is 13.2 Å². The molecule has 1 atom stereocenters. The van der Waals surface area contributed by atoms with Gasteiger partial charge in [0.1, 0.15) is 0 Å². The summed E-state index contributed by atoms with van der Waals surface area (Å²) < 4.78 is 32.6. The third kappa shape index (κ3) is 6.04. The van der Waals surface area contributed by atoms with E-state index in [1.54, 1.807) is 18.2 Å². The summed E-state index contributed by atoms with van der Waals surface area (Å²) in [5.41, 5.74) is 1.27. The maximum absolute atomic E-state index is 12.9. The predicted molar refractivity (Wildman–Crippen MR) is 128 cm³/mol. The van der Waals surface area contributed by atoms with Gasteiger partial charge in [0, 0.05) is 32.9 Å². The van der Waals surface area contributed by atoms with Crippen LogP contribution in [0.3, 0.4) is 0 Å². The highest BCUT2D eigenvalue weighted by Gasteiger charge is 2.27. The maximum atomic E-state index is 12.9. The molecule has 2 aromatic carbocycles. The molecule has 0 saturated carbocycles. The Morgan fingerprint density at radius 3 is 2.45 bits per heavy atom. The van der Waals surface area contributed by atoms with E-state index in [-0.39, 0.29) is 15.6 Å². The molecular formula is C23H28ClN3O5S. The molecule has 0 spiro atoms. The van der Waals surface area contributed by atoms with E-state index in [2.05, 4.69) is 5.32 Å². The average Bonchev–Trinajstić information content (AvgIpc) is 2.80. The van der Waals surface area contributed by atoms with Gasteiger partial charge < -0.3 is 15.0 Å². The van der Waals surface area contributed by atoms with Gasteiger partial charge in [-0.3, -0.25) is 4.79 Å². The van der Waals surface area contributed by atoms with Crippen molar-refractivity contribution < 1.29 is 22.7 Å². The summed E-state index contributed by atoms with van der Waals surface area (Å²) in [7, 11) is 0.0126. The lowest BCUT2D eigenvalue weighted by Gasteiger charge is -2.26. The van der Waals surface area contributed by atoms with E-state index in [1.165, 1.54) is 29.4 Å². The normalized spacial score (nSPS) is 15.5. The molecule has 1 amide bonds. The molecule has 1 N–H and O–H groups in total. The zero-order chi connectivity index (χ0) is 24.2. The maximum Gasteiger partial charge on any atom is 0.338 e. The highest BCUT2D eigenvalue weighted by atomic mass is 35.5. The highest BCUT2D eigenvalue weighted by molar-refractivity contribution is 7.89. The number of hydrogen-bond donors (Lipinski definition) is 1. The number of sulfonamides is 1. The molecule has 2 aromatic rings. The number of esters is 1. The quantitative estimate of drug-likeness (QED) is 0.590. The van der Waals surface area contributed by atoms with Crippen LogP contribution >= 0.6 is 11.6 Å². The molecule has 1 fully saturated rings. The number of ether oxygens (including phenoxy) is 1. The van der Waals surface area contributed by atoms with Crippen molar-refractivity contribution in [2.45, 2.75) is 37.2 Å². The Morgan fingerprint density at radius 2 is 1.79 bits per heavy atom. The number of amides is 1. The van der Waals surface area contributed by atoms with Gasteiger partial charge in [0.15, 0.2) is 6.10 Å². The van der Waals surface area contributed by atoms with Gasteiger partial charge in [0.05, 0.1) is 21.2 Å². The standard InChI is InChI=1S/C23H28ClN3O5S/c1-16(32-23(29)17-8-7-9-18(14-17)26(2)3)22(28)25-21-15-19(10-11-20(21)24)33(30,31)27-12-5-4-6-13-27/h7-11,14-16H,4-6,12-13H2,1-3H3,(H,25,28)/t16-/m1/s1. The molecular weight excluding hydrogens is 466 g/mol. The van der Waals surface area contributed by atoms with Gasteiger partial charge in [0.25, 0.3) is 5.91 Å². The first-order valence-corrected chi connectivity index (χ1v) is 12.5. The van der Waals surface area contributed by atoms with Crippen LogP contribution in [0.5, 0.6) is 0 Å². The molecule has 1 saturated heterocycles. The number of rotatable bonds is 7. The van der Waals surface area contributed by atoms with Crippen molar-refractivity contribution in [1.29, 1.82) is 0 Å². The van der Waals surface area contributed by atoms with E-state index in [1.807, 2.05) is 25.1 Å². The van der Waals surface area contributed by atoms with Crippen LogP contribution in [0.25, 0.3) is 0 Å². The number of nitrogens with zero attached hydrogens (tertiary/aromatic N) is 2. The van der Waals surface area contributed by atoms with Crippen molar-refractivity contribution in [3.63, 3.8) is 0 Å². The molecule has 8 nitrogen and oxygen atoms in total. The fourth-order valence-corrected chi connectivity index (χ4v) is 5.15. The Kier molecular flexibility index (Phi) is 7.99. The summed E-state index contributed by atoms with van der Waals surface area (Å²) in [6, 6.07) is 11.0. The number of hydrogen-bond acceptors (Lipinski definition) is 6. The molecule has 1 aliphatic heterocycles. The van der Waals surface area contributed by atoms with Crippen molar-refractivity contribution in [1.82, 2.24) is 4.31 Å². The van der Waals surface area contributed by atoms with Gasteiger partial charge in [0.2, 0.25) is 10.0 Å². The first-order valence-electron chi connectivity index (χ1n) is 10.7. The van der Waals surface area contributed by atoms with E-state index < -0.39 is 28.0 Å². The van der Waals surface area contributed by atoms with Crippen LogP contribution in [0.1, 0.15) is 36.5 Å². The number of piperidine rings is 1. The number of carbonyl (C=O) groups excluding carboxylic acids is 2. The Hall–Kier alpha value is -2.62. The average molecular weight is 494 g/mol. The lowest BCUT2D eigenvalue weighted by Crippen LogP contribution is -2.35. The number of anilines is 2. The van der Waals surface area contributed by atoms with Crippen molar-refractivity contribution in [2.75, 3.05) is 37.4 Å². The minimum Gasteiger partial charge on any atom is -0.449 e. The highest BCUT2D eigenvalue weighted by Crippen LogP contribution is 2.28. The zero-order valence-electron chi connectivity index (χ0n) is 18.9. The number of benzene rings is 2. The third-order valence-electron chi connectivity index (χ3n) is 5.40. The topological polar surface area (TPSA) is 96.0 Å². The predicted octanol–water partition coefficient (Wildman–Crippen LogP) is 3.76. The van der Waals surface area contributed by atoms with E-state index >= 15 is 0 Å². The number of carbonyl (C=O) groups is 2. The fraction of sp³-hybridized carbons (Fsp3) is 0.391. The molecule has 0 aliphatic carbocycles. The lowest BCUT2D eigenvalue weighted by atomic mass is 10.2. The smallest absolute Gasteiger partial charge is 0.338 e. The van der Waals surface area contributed by atoms with Crippen LogP contribution in [0.4, 0.5) is 11.4 Å². The van der Waals surface area contributed by atoms with Crippen molar-refractivity contribution in [3.05, 3.63) is 53.1 Å². The molecule has 0 radical (unpaired) electrons. The Morgan fingerprint density at radius 1 is 1.09 bits per heavy atom. The number of nitrogens with one attached hydrogen (secondary N) is 1. The van der Waals surface area contributed by atoms with Crippen LogP contribution in [-0.2, 0) is 19.6 Å². The summed E-state index contributed by atoms with van der Waals surface area (Å²) in [4.78, 5) is 27.0. The Bertz CT molecular complexity index is 1130. The van der Waals surface area contributed by atoms with Crippen LogP contribution in [0.15, 0.2) is 47.4 Å². The Balaban J connectivity index is 1.71. The van der Waals surface area contributed by atoms with E-state index in [0.29, 0.717) is 18.7 Å². The molecule has 1 aliphatic rings. The van der Waals surface area contributed by atoms with Gasteiger partial charge in [-0.1, -0.05) is 24.1 Å². The molecule has 0 bridgehead atoms. The second-order valence-corrected chi connectivity index (χ2v) is 10.4. The molecule has 0 aromatic heterocycles. The first kappa shape index (κ1) is 25.0. The minimum atomic E-state index is -3.69. The molecule has 3 rings (SSSR count). The molecule has 1 heterocycles. The van der Waals surface area contributed by atoms with E-state index in [9.17, 15) is 18.0 Å². The second kappa shape index (κ2) is 10.5. The van der Waals surface area contributed by atoms with E-state index in [4.69, 9.17) is 16.3 Å².